The highest BCUT2D eigenvalue weighted by atomic mass is 32.2. The molecule has 1 fully saturated rings. The third-order valence-corrected chi connectivity index (χ3v) is 5.10. The summed E-state index contributed by atoms with van der Waals surface area (Å²) in [7, 11) is 0. The molecule has 1 aromatic carbocycles. The molecule has 0 bridgehead atoms. The van der Waals surface area contributed by atoms with Crippen LogP contribution in [0.1, 0.15) is 5.56 Å². The lowest BCUT2D eigenvalue weighted by Gasteiger charge is -2.21. The quantitative estimate of drug-likeness (QED) is 0.828. The van der Waals surface area contributed by atoms with E-state index in [0.29, 0.717) is 25.4 Å². The Kier molecular flexibility index (Phi) is 6.44. The van der Waals surface area contributed by atoms with Gasteiger partial charge in [0, 0.05) is 38.9 Å². The van der Waals surface area contributed by atoms with Crippen LogP contribution in [0.4, 0.5) is 0 Å². The van der Waals surface area contributed by atoms with Gasteiger partial charge >= 0.3 is 0 Å². The summed E-state index contributed by atoms with van der Waals surface area (Å²) >= 11 is 1.44. The van der Waals surface area contributed by atoms with Crippen LogP contribution in [0.2, 0.25) is 0 Å². The Morgan fingerprint density at radius 2 is 1.92 bits per heavy atom. The molecule has 3 rings (SSSR count). The maximum atomic E-state index is 12.5. The van der Waals surface area contributed by atoms with Crippen LogP contribution in [0.3, 0.4) is 0 Å². The standard InChI is InChI=1S/C19H23N3O2S/c23-17-13-21(12-16-6-2-1-3-7-16)10-11-22(14-17)19(24)15-25-18-8-4-5-9-20-18/h1-9,17,23H,10-15H2/t17-/m1/s1. The second-order valence-corrected chi connectivity index (χ2v) is 7.17. The number of hydrogen-bond donors (Lipinski definition) is 1. The molecule has 0 unspecified atom stereocenters. The third-order valence-electron chi connectivity index (χ3n) is 4.17. The van der Waals surface area contributed by atoms with E-state index in [1.54, 1.807) is 11.1 Å². The summed E-state index contributed by atoms with van der Waals surface area (Å²) in [5, 5.41) is 11.1. The van der Waals surface area contributed by atoms with Gasteiger partial charge in [-0.05, 0) is 17.7 Å². The van der Waals surface area contributed by atoms with Crippen molar-refractivity contribution in [2.75, 3.05) is 31.9 Å². The Labute approximate surface area is 152 Å². The first-order valence-corrected chi connectivity index (χ1v) is 9.45. The highest BCUT2D eigenvalue weighted by molar-refractivity contribution is 7.99. The summed E-state index contributed by atoms with van der Waals surface area (Å²) in [6, 6.07) is 15.9. The Morgan fingerprint density at radius 1 is 1.12 bits per heavy atom. The van der Waals surface area contributed by atoms with E-state index in [0.717, 1.165) is 18.1 Å². The molecule has 1 atom stereocenters. The molecule has 1 saturated heterocycles. The highest BCUT2D eigenvalue weighted by Gasteiger charge is 2.24. The van der Waals surface area contributed by atoms with Crippen LogP contribution in [0.5, 0.6) is 0 Å². The summed E-state index contributed by atoms with van der Waals surface area (Å²) in [6.45, 7) is 3.19. The lowest BCUT2D eigenvalue weighted by atomic mass is 10.2. The number of β-amino-alcohol motifs (C(OH)–C–C–N with tert-alkyl or cyclic N) is 1. The number of aromatic nitrogens is 1. The number of amides is 1. The number of aliphatic hydroxyl groups excluding tert-OH is 1. The average Bonchev–Trinajstić information content (AvgIpc) is 2.82. The van der Waals surface area contributed by atoms with E-state index in [1.807, 2.05) is 36.4 Å². The molecule has 1 amide bonds. The maximum Gasteiger partial charge on any atom is 0.233 e. The van der Waals surface area contributed by atoms with Gasteiger partial charge in [0.1, 0.15) is 0 Å². The molecule has 5 nitrogen and oxygen atoms in total. The van der Waals surface area contributed by atoms with Gasteiger partial charge in [-0.15, -0.1) is 0 Å². The number of rotatable bonds is 5. The zero-order valence-electron chi connectivity index (χ0n) is 14.1. The number of thioether (sulfide) groups is 1. The summed E-state index contributed by atoms with van der Waals surface area (Å²) in [4.78, 5) is 20.7. The van der Waals surface area contributed by atoms with E-state index in [4.69, 9.17) is 0 Å². The van der Waals surface area contributed by atoms with Crippen LogP contribution < -0.4 is 0 Å². The first-order chi connectivity index (χ1) is 12.2. The van der Waals surface area contributed by atoms with Gasteiger partial charge in [0.05, 0.1) is 16.9 Å². The van der Waals surface area contributed by atoms with Gasteiger partial charge in [-0.3, -0.25) is 9.69 Å². The molecule has 25 heavy (non-hydrogen) atoms. The lowest BCUT2D eigenvalue weighted by Crippen LogP contribution is -2.38. The summed E-state index contributed by atoms with van der Waals surface area (Å²) in [5.41, 5.74) is 1.22. The number of carbonyl (C=O) groups excluding carboxylic acids is 1. The normalized spacial score (nSPS) is 18.8. The molecule has 6 heteroatoms. The van der Waals surface area contributed by atoms with E-state index >= 15 is 0 Å². The second-order valence-electron chi connectivity index (χ2n) is 6.17. The molecule has 0 saturated carbocycles. The number of nitrogens with zero attached hydrogens (tertiary/aromatic N) is 3. The molecular weight excluding hydrogens is 334 g/mol. The fourth-order valence-corrected chi connectivity index (χ4v) is 3.69. The number of aliphatic hydroxyl groups is 1. The first-order valence-electron chi connectivity index (χ1n) is 8.46. The van der Waals surface area contributed by atoms with Gasteiger partial charge in [-0.1, -0.05) is 48.2 Å². The van der Waals surface area contributed by atoms with Crippen molar-refractivity contribution in [2.45, 2.75) is 17.7 Å². The molecule has 0 radical (unpaired) electrons. The van der Waals surface area contributed by atoms with E-state index < -0.39 is 6.10 Å². The molecule has 132 valence electrons. The van der Waals surface area contributed by atoms with Crippen molar-refractivity contribution in [3.8, 4) is 0 Å². The predicted molar refractivity (Wildman–Crippen MR) is 99.3 cm³/mol. The maximum absolute atomic E-state index is 12.5. The number of carbonyl (C=O) groups is 1. The predicted octanol–water partition coefficient (Wildman–Crippen LogP) is 1.88. The van der Waals surface area contributed by atoms with Crippen molar-refractivity contribution in [1.29, 1.82) is 0 Å². The van der Waals surface area contributed by atoms with Gasteiger partial charge in [-0.25, -0.2) is 4.98 Å². The van der Waals surface area contributed by atoms with Crippen molar-refractivity contribution >= 4 is 17.7 Å². The van der Waals surface area contributed by atoms with Gasteiger partial charge in [0.15, 0.2) is 0 Å². The minimum Gasteiger partial charge on any atom is -0.390 e. The van der Waals surface area contributed by atoms with Crippen molar-refractivity contribution in [1.82, 2.24) is 14.8 Å². The summed E-state index contributed by atoms with van der Waals surface area (Å²) < 4.78 is 0. The summed E-state index contributed by atoms with van der Waals surface area (Å²) in [6.07, 6.45) is 1.21. The Hall–Kier alpha value is -1.89. The monoisotopic (exact) mass is 357 g/mol. The molecule has 1 N–H and O–H groups in total. The third kappa shape index (κ3) is 5.56. The molecule has 0 spiro atoms. The molecule has 2 heterocycles. The second kappa shape index (κ2) is 8.99. The van der Waals surface area contributed by atoms with Crippen LogP contribution in [-0.4, -0.2) is 63.8 Å². The molecule has 1 aromatic heterocycles. The van der Waals surface area contributed by atoms with Crippen molar-refractivity contribution in [2.24, 2.45) is 0 Å². The number of hydrogen-bond acceptors (Lipinski definition) is 5. The summed E-state index contributed by atoms with van der Waals surface area (Å²) in [5.74, 6) is 0.402. The van der Waals surface area contributed by atoms with Gasteiger partial charge in [-0.2, -0.15) is 0 Å². The van der Waals surface area contributed by atoms with Crippen LogP contribution in [0.25, 0.3) is 0 Å². The average molecular weight is 357 g/mol. The SMILES string of the molecule is O=C(CSc1ccccn1)N1CCN(Cc2ccccc2)C[C@@H](O)C1. The van der Waals surface area contributed by atoms with E-state index in [-0.39, 0.29) is 5.91 Å². The smallest absolute Gasteiger partial charge is 0.233 e. The molecule has 1 aliphatic rings. The zero-order valence-corrected chi connectivity index (χ0v) is 14.9. The van der Waals surface area contributed by atoms with Crippen molar-refractivity contribution < 1.29 is 9.90 Å². The van der Waals surface area contributed by atoms with Crippen LogP contribution in [0.15, 0.2) is 59.8 Å². The van der Waals surface area contributed by atoms with Crippen LogP contribution >= 0.6 is 11.8 Å². The largest absolute Gasteiger partial charge is 0.390 e. The van der Waals surface area contributed by atoms with E-state index in [2.05, 4.69) is 22.0 Å². The van der Waals surface area contributed by atoms with Crippen LogP contribution in [-0.2, 0) is 11.3 Å². The molecular formula is C19H23N3O2S. The minimum atomic E-state index is -0.519. The topological polar surface area (TPSA) is 56.7 Å². The highest BCUT2D eigenvalue weighted by Crippen LogP contribution is 2.16. The number of benzene rings is 1. The Bertz CT molecular complexity index is 669. The number of pyridine rings is 1. The Morgan fingerprint density at radius 3 is 2.68 bits per heavy atom. The van der Waals surface area contributed by atoms with E-state index in [1.165, 1.54) is 17.3 Å². The molecule has 1 aliphatic heterocycles. The van der Waals surface area contributed by atoms with Gasteiger partial charge in [0.25, 0.3) is 0 Å². The minimum absolute atomic E-state index is 0.0521. The Balaban J connectivity index is 1.52. The zero-order chi connectivity index (χ0) is 17.5. The molecule has 2 aromatic rings. The van der Waals surface area contributed by atoms with E-state index in [9.17, 15) is 9.90 Å². The lowest BCUT2D eigenvalue weighted by molar-refractivity contribution is -0.129. The van der Waals surface area contributed by atoms with Crippen LogP contribution in [0, 0.1) is 0 Å². The van der Waals surface area contributed by atoms with Crippen molar-refractivity contribution in [3.63, 3.8) is 0 Å². The van der Waals surface area contributed by atoms with Gasteiger partial charge < -0.3 is 10.0 Å². The molecule has 0 aliphatic carbocycles. The van der Waals surface area contributed by atoms with Gasteiger partial charge in [0.2, 0.25) is 5.91 Å². The fraction of sp³-hybridized carbons (Fsp3) is 0.368. The van der Waals surface area contributed by atoms with Crippen molar-refractivity contribution in [3.05, 3.63) is 60.3 Å². The first kappa shape index (κ1) is 17.9. The fourth-order valence-electron chi connectivity index (χ4n) is 2.93.